The minimum atomic E-state index is 0.0720. The van der Waals surface area contributed by atoms with E-state index in [-0.39, 0.29) is 11.5 Å². The van der Waals surface area contributed by atoms with Crippen LogP contribution in [0.15, 0.2) is 24.3 Å². The van der Waals surface area contributed by atoms with E-state index >= 15 is 0 Å². The van der Waals surface area contributed by atoms with Crippen LogP contribution in [0.3, 0.4) is 0 Å². The molecule has 2 rings (SSSR count). The van der Waals surface area contributed by atoms with Gasteiger partial charge < -0.3 is 15.8 Å². The topological polar surface area (TPSA) is 47.3 Å². The normalized spacial score (nSPS) is 20.2. The fourth-order valence-electron chi connectivity index (χ4n) is 2.44. The van der Waals surface area contributed by atoms with E-state index in [9.17, 15) is 0 Å². The standard InChI is InChI=1S/C13H20N2O/c1-10-4-3-5-11(6-10)12(15-2)13(7-14)8-16-9-13/h3-6,12,15H,7-9,14H2,1-2H3. The number of hydrogen-bond donors (Lipinski definition) is 2. The van der Waals surface area contributed by atoms with E-state index in [1.807, 2.05) is 7.05 Å². The Morgan fingerprint density at radius 1 is 1.50 bits per heavy atom. The molecular formula is C13H20N2O. The second-order valence-corrected chi connectivity index (χ2v) is 4.70. The molecule has 1 aromatic rings. The van der Waals surface area contributed by atoms with Crippen LogP contribution in [0.25, 0.3) is 0 Å². The Balaban J connectivity index is 2.28. The highest BCUT2D eigenvalue weighted by Gasteiger charge is 2.44. The van der Waals surface area contributed by atoms with Crippen molar-refractivity contribution < 1.29 is 4.74 Å². The van der Waals surface area contributed by atoms with Crippen LogP contribution in [0, 0.1) is 12.3 Å². The fourth-order valence-corrected chi connectivity index (χ4v) is 2.44. The molecule has 1 aliphatic heterocycles. The molecule has 3 nitrogen and oxygen atoms in total. The second kappa shape index (κ2) is 4.53. The van der Waals surface area contributed by atoms with E-state index in [2.05, 4.69) is 36.5 Å². The summed E-state index contributed by atoms with van der Waals surface area (Å²) < 4.78 is 5.34. The number of nitrogens with two attached hydrogens (primary N) is 1. The van der Waals surface area contributed by atoms with Crippen molar-refractivity contribution in [3.05, 3.63) is 35.4 Å². The summed E-state index contributed by atoms with van der Waals surface area (Å²) in [6.45, 7) is 4.28. The quantitative estimate of drug-likeness (QED) is 0.802. The van der Waals surface area contributed by atoms with Crippen LogP contribution in [0.1, 0.15) is 17.2 Å². The molecule has 1 fully saturated rings. The lowest BCUT2D eigenvalue weighted by Crippen LogP contribution is -2.55. The van der Waals surface area contributed by atoms with E-state index in [0.29, 0.717) is 6.54 Å². The molecule has 0 aromatic heterocycles. The highest BCUT2D eigenvalue weighted by atomic mass is 16.5. The van der Waals surface area contributed by atoms with Crippen molar-refractivity contribution >= 4 is 0 Å². The average molecular weight is 220 g/mol. The lowest BCUT2D eigenvalue weighted by Gasteiger charge is -2.46. The molecule has 1 aromatic carbocycles. The molecule has 0 aliphatic carbocycles. The summed E-state index contributed by atoms with van der Waals surface area (Å²) in [6.07, 6.45) is 0. The fraction of sp³-hybridized carbons (Fsp3) is 0.538. The summed E-state index contributed by atoms with van der Waals surface area (Å²) in [5.41, 5.74) is 8.56. The molecule has 0 spiro atoms. The Hall–Kier alpha value is -0.900. The lowest BCUT2D eigenvalue weighted by atomic mass is 9.75. The van der Waals surface area contributed by atoms with Gasteiger partial charge in [0.1, 0.15) is 0 Å². The van der Waals surface area contributed by atoms with Gasteiger partial charge in [0.15, 0.2) is 0 Å². The number of benzene rings is 1. The third kappa shape index (κ3) is 1.86. The van der Waals surface area contributed by atoms with Crippen molar-refractivity contribution in [3.8, 4) is 0 Å². The molecule has 1 heterocycles. The van der Waals surface area contributed by atoms with Gasteiger partial charge in [-0.25, -0.2) is 0 Å². The van der Waals surface area contributed by atoms with Crippen molar-refractivity contribution in [2.24, 2.45) is 11.1 Å². The van der Waals surface area contributed by atoms with Gasteiger partial charge in [-0.1, -0.05) is 29.8 Å². The Morgan fingerprint density at radius 2 is 2.25 bits per heavy atom. The zero-order valence-electron chi connectivity index (χ0n) is 9.99. The van der Waals surface area contributed by atoms with E-state index in [1.165, 1.54) is 11.1 Å². The maximum Gasteiger partial charge on any atom is 0.0575 e. The van der Waals surface area contributed by atoms with Crippen LogP contribution in [0.2, 0.25) is 0 Å². The predicted octanol–water partition coefficient (Wildman–Crippen LogP) is 1.23. The van der Waals surface area contributed by atoms with Gasteiger partial charge in [-0.05, 0) is 19.5 Å². The number of hydrogen-bond acceptors (Lipinski definition) is 3. The van der Waals surface area contributed by atoms with Crippen LogP contribution in [0.5, 0.6) is 0 Å². The molecule has 0 saturated carbocycles. The number of rotatable bonds is 4. The van der Waals surface area contributed by atoms with Crippen molar-refractivity contribution in [2.45, 2.75) is 13.0 Å². The summed E-state index contributed by atoms with van der Waals surface area (Å²) in [4.78, 5) is 0. The number of nitrogens with one attached hydrogen (secondary N) is 1. The first-order valence-electron chi connectivity index (χ1n) is 5.73. The monoisotopic (exact) mass is 220 g/mol. The summed E-state index contributed by atoms with van der Waals surface area (Å²) >= 11 is 0. The first-order valence-corrected chi connectivity index (χ1v) is 5.73. The van der Waals surface area contributed by atoms with Crippen molar-refractivity contribution in [1.29, 1.82) is 0 Å². The molecule has 1 aliphatic rings. The maximum atomic E-state index is 5.90. The molecule has 16 heavy (non-hydrogen) atoms. The van der Waals surface area contributed by atoms with Gasteiger partial charge in [0, 0.05) is 18.0 Å². The zero-order chi connectivity index (χ0) is 11.6. The largest absolute Gasteiger partial charge is 0.380 e. The first-order chi connectivity index (χ1) is 7.72. The van der Waals surface area contributed by atoms with Gasteiger partial charge in [0.05, 0.1) is 13.2 Å². The third-order valence-electron chi connectivity index (χ3n) is 3.46. The molecule has 3 N–H and O–H groups in total. The van der Waals surface area contributed by atoms with Crippen LogP contribution >= 0.6 is 0 Å². The highest BCUT2D eigenvalue weighted by Crippen LogP contribution is 2.39. The Morgan fingerprint density at radius 3 is 2.69 bits per heavy atom. The van der Waals surface area contributed by atoms with Gasteiger partial charge in [-0.2, -0.15) is 0 Å². The molecule has 0 bridgehead atoms. The van der Waals surface area contributed by atoms with Crippen LogP contribution in [0.4, 0.5) is 0 Å². The van der Waals surface area contributed by atoms with E-state index in [0.717, 1.165) is 13.2 Å². The van der Waals surface area contributed by atoms with Gasteiger partial charge >= 0.3 is 0 Å². The molecule has 1 saturated heterocycles. The minimum absolute atomic E-state index is 0.0720. The highest BCUT2D eigenvalue weighted by molar-refractivity contribution is 5.27. The summed E-state index contributed by atoms with van der Waals surface area (Å²) in [7, 11) is 1.99. The van der Waals surface area contributed by atoms with E-state index < -0.39 is 0 Å². The third-order valence-corrected chi connectivity index (χ3v) is 3.46. The molecule has 1 atom stereocenters. The first kappa shape index (κ1) is 11.6. The van der Waals surface area contributed by atoms with Crippen LogP contribution in [-0.2, 0) is 4.74 Å². The molecule has 0 amide bonds. The van der Waals surface area contributed by atoms with Gasteiger partial charge in [-0.15, -0.1) is 0 Å². The van der Waals surface area contributed by atoms with Crippen LogP contribution in [-0.4, -0.2) is 26.8 Å². The van der Waals surface area contributed by atoms with Crippen molar-refractivity contribution in [1.82, 2.24) is 5.32 Å². The SMILES string of the molecule is CNC(c1cccc(C)c1)C1(CN)COC1. The second-order valence-electron chi connectivity index (χ2n) is 4.70. The van der Waals surface area contributed by atoms with Crippen LogP contribution < -0.4 is 11.1 Å². The Bertz CT molecular complexity index is 355. The van der Waals surface area contributed by atoms with Gasteiger partial charge in [0.25, 0.3) is 0 Å². The van der Waals surface area contributed by atoms with Crippen molar-refractivity contribution in [3.63, 3.8) is 0 Å². The smallest absolute Gasteiger partial charge is 0.0575 e. The summed E-state index contributed by atoms with van der Waals surface area (Å²) in [5.74, 6) is 0. The van der Waals surface area contributed by atoms with E-state index in [4.69, 9.17) is 10.5 Å². The molecule has 1 unspecified atom stereocenters. The maximum absolute atomic E-state index is 5.90. The Labute approximate surface area is 97.0 Å². The van der Waals surface area contributed by atoms with E-state index in [1.54, 1.807) is 0 Å². The zero-order valence-corrected chi connectivity index (χ0v) is 9.99. The average Bonchev–Trinajstić information content (AvgIpc) is 2.23. The minimum Gasteiger partial charge on any atom is -0.380 e. The van der Waals surface area contributed by atoms with Crippen molar-refractivity contribution in [2.75, 3.05) is 26.8 Å². The summed E-state index contributed by atoms with van der Waals surface area (Å²) in [6, 6.07) is 8.87. The van der Waals surface area contributed by atoms with Gasteiger partial charge in [0.2, 0.25) is 0 Å². The molecular weight excluding hydrogens is 200 g/mol. The number of ether oxygens (including phenoxy) is 1. The Kier molecular flexibility index (Phi) is 3.28. The summed E-state index contributed by atoms with van der Waals surface area (Å²) in [5, 5.41) is 3.38. The molecule has 88 valence electrons. The molecule has 0 radical (unpaired) electrons. The lowest BCUT2D eigenvalue weighted by molar-refractivity contribution is -0.126. The van der Waals surface area contributed by atoms with Gasteiger partial charge in [-0.3, -0.25) is 0 Å². The molecule has 3 heteroatoms. The number of aryl methyl sites for hydroxylation is 1. The predicted molar refractivity (Wildman–Crippen MR) is 65.3 cm³/mol.